The molecule has 35 heavy (non-hydrogen) atoms. The molecule has 6 nitrogen and oxygen atoms in total. The quantitative estimate of drug-likeness (QED) is 0.252. The molecule has 4 rings (SSSR count). The van der Waals surface area contributed by atoms with Gasteiger partial charge in [0, 0.05) is 22.6 Å². The number of ether oxygens (including phenoxy) is 1. The van der Waals surface area contributed by atoms with Crippen LogP contribution in [0, 0.1) is 6.92 Å². The van der Waals surface area contributed by atoms with E-state index in [-0.39, 0.29) is 22.8 Å². The van der Waals surface area contributed by atoms with Crippen LogP contribution in [0.15, 0.2) is 76.4 Å². The average molecular weight is 605 g/mol. The molecule has 2 heterocycles. The fourth-order valence-electron chi connectivity index (χ4n) is 5.08. The van der Waals surface area contributed by atoms with Crippen LogP contribution in [0.4, 0.5) is 0 Å². The van der Waals surface area contributed by atoms with Crippen molar-refractivity contribution in [1.29, 1.82) is 0 Å². The molecule has 1 saturated heterocycles. The number of halogens is 1. The summed E-state index contributed by atoms with van der Waals surface area (Å²) in [7, 11) is -2.78. The fourth-order valence-corrected chi connectivity index (χ4v) is 10.4. The fraction of sp³-hybridized carbons (Fsp3) is 0.407. The molecule has 1 aromatic heterocycles. The number of rotatable bonds is 7. The molecule has 0 saturated carbocycles. The van der Waals surface area contributed by atoms with Crippen LogP contribution in [0.3, 0.4) is 0 Å². The van der Waals surface area contributed by atoms with Gasteiger partial charge < -0.3 is 9.16 Å². The Labute approximate surface area is 221 Å². The number of hydrogen-bond donors (Lipinski definition) is 1. The van der Waals surface area contributed by atoms with E-state index in [1.807, 2.05) is 12.1 Å². The molecule has 3 atom stereocenters. The highest BCUT2D eigenvalue weighted by Gasteiger charge is 2.53. The summed E-state index contributed by atoms with van der Waals surface area (Å²) in [5.74, 6) is 0. The van der Waals surface area contributed by atoms with Gasteiger partial charge in [-0.05, 0) is 28.8 Å². The van der Waals surface area contributed by atoms with Crippen LogP contribution in [0.25, 0.3) is 0 Å². The Kier molecular flexibility index (Phi) is 7.85. The van der Waals surface area contributed by atoms with E-state index < -0.39 is 20.2 Å². The lowest BCUT2D eigenvalue weighted by atomic mass is 10.1. The van der Waals surface area contributed by atoms with Crippen molar-refractivity contribution in [3.05, 3.63) is 93.3 Å². The van der Waals surface area contributed by atoms with Gasteiger partial charge in [0.2, 0.25) is 0 Å². The zero-order valence-corrected chi connectivity index (χ0v) is 23.8. The molecule has 1 aliphatic rings. The highest BCUT2D eigenvalue weighted by atomic mass is 127. The molecule has 0 unspecified atom stereocenters. The van der Waals surface area contributed by atoms with Crippen molar-refractivity contribution in [3.63, 3.8) is 0 Å². The Morgan fingerprint density at radius 1 is 1.06 bits per heavy atom. The summed E-state index contributed by atoms with van der Waals surface area (Å²) in [4.78, 5) is 27.0. The van der Waals surface area contributed by atoms with Gasteiger partial charge in [-0.2, -0.15) is 0 Å². The average Bonchev–Trinajstić information content (AvgIpc) is 3.22. The van der Waals surface area contributed by atoms with Gasteiger partial charge in [0.05, 0.1) is 12.2 Å². The maximum Gasteiger partial charge on any atom is 0.330 e. The molecule has 1 N–H and O–H groups in total. The lowest BCUT2D eigenvalue weighted by Gasteiger charge is -2.45. The van der Waals surface area contributed by atoms with Crippen molar-refractivity contribution in [2.45, 2.75) is 64.0 Å². The van der Waals surface area contributed by atoms with Crippen molar-refractivity contribution in [2.24, 2.45) is 0 Å². The second-order valence-electron chi connectivity index (χ2n) is 10.1. The lowest BCUT2D eigenvalue weighted by molar-refractivity contribution is -0.0184. The SMILES string of the molecule is Cc1cn([C@H]2C[C@H](O[Si](c3ccccc3)(c3ccccc3)C(C)(C)C)[C@@H](CCI)O2)c(=O)[nH]c1=O. The zero-order chi connectivity index (χ0) is 25.2. The number of nitrogens with zero attached hydrogens (tertiary/aromatic N) is 1. The van der Waals surface area contributed by atoms with Crippen molar-refractivity contribution in [3.8, 4) is 0 Å². The first-order chi connectivity index (χ1) is 16.7. The van der Waals surface area contributed by atoms with Crippen molar-refractivity contribution < 1.29 is 9.16 Å². The minimum atomic E-state index is -2.78. The van der Waals surface area contributed by atoms with Gasteiger partial charge in [-0.3, -0.25) is 14.3 Å². The molecular weight excluding hydrogens is 571 g/mol. The summed E-state index contributed by atoms with van der Waals surface area (Å²) in [5, 5.41) is 2.27. The number of hydrogen-bond acceptors (Lipinski definition) is 4. The summed E-state index contributed by atoms with van der Waals surface area (Å²) < 4.78 is 16.2. The van der Waals surface area contributed by atoms with Gasteiger partial charge in [0.25, 0.3) is 13.9 Å². The van der Waals surface area contributed by atoms with Gasteiger partial charge >= 0.3 is 5.69 Å². The third-order valence-corrected chi connectivity index (χ3v) is 12.5. The van der Waals surface area contributed by atoms with E-state index >= 15 is 0 Å². The summed E-state index contributed by atoms with van der Waals surface area (Å²) in [6.45, 7) is 8.48. The van der Waals surface area contributed by atoms with Gasteiger partial charge in [-0.15, -0.1) is 0 Å². The predicted octanol–water partition coefficient (Wildman–Crippen LogP) is 3.90. The Bertz CT molecular complexity index is 1210. The molecule has 0 amide bonds. The smallest absolute Gasteiger partial charge is 0.330 e. The molecule has 0 bridgehead atoms. The number of nitrogens with one attached hydrogen (secondary N) is 1. The van der Waals surface area contributed by atoms with E-state index in [1.54, 1.807) is 13.1 Å². The Hall–Kier alpha value is -2.01. The first-order valence-electron chi connectivity index (χ1n) is 12.0. The van der Waals surface area contributed by atoms with E-state index in [2.05, 4.69) is 96.9 Å². The highest BCUT2D eigenvalue weighted by molar-refractivity contribution is 14.1. The normalized spacial score (nSPS) is 20.8. The second kappa shape index (κ2) is 10.5. The van der Waals surface area contributed by atoms with Gasteiger partial charge in [0.1, 0.15) is 6.23 Å². The molecule has 8 heteroatoms. The molecule has 2 aromatic carbocycles. The largest absolute Gasteiger partial charge is 0.402 e. The Morgan fingerprint density at radius 2 is 1.63 bits per heavy atom. The number of H-pyrrole nitrogens is 1. The monoisotopic (exact) mass is 604 g/mol. The van der Waals surface area contributed by atoms with E-state index in [1.165, 1.54) is 14.9 Å². The third kappa shape index (κ3) is 5.12. The second-order valence-corrected chi connectivity index (χ2v) is 15.5. The summed E-state index contributed by atoms with van der Waals surface area (Å²) >= 11 is 2.36. The van der Waals surface area contributed by atoms with Crippen LogP contribution < -0.4 is 21.6 Å². The summed E-state index contributed by atoms with van der Waals surface area (Å²) in [6, 6.07) is 21.1. The van der Waals surface area contributed by atoms with E-state index in [9.17, 15) is 9.59 Å². The van der Waals surface area contributed by atoms with Crippen LogP contribution in [-0.4, -0.2) is 34.5 Å². The van der Waals surface area contributed by atoms with Gasteiger partial charge in [0.15, 0.2) is 0 Å². The van der Waals surface area contributed by atoms with Crippen LogP contribution in [0.1, 0.15) is 45.4 Å². The molecule has 1 fully saturated rings. The minimum Gasteiger partial charge on any atom is -0.402 e. The van der Waals surface area contributed by atoms with E-state index in [0.29, 0.717) is 12.0 Å². The first kappa shape index (κ1) is 26.1. The first-order valence-corrected chi connectivity index (χ1v) is 15.4. The number of aromatic amines is 1. The van der Waals surface area contributed by atoms with E-state index in [0.717, 1.165) is 10.8 Å². The Morgan fingerprint density at radius 3 is 2.14 bits per heavy atom. The summed E-state index contributed by atoms with van der Waals surface area (Å²) in [6.07, 6.45) is 2.11. The molecule has 0 spiro atoms. The molecule has 0 aliphatic carbocycles. The maximum atomic E-state index is 12.6. The van der Waals surface area contributed by atoms with Gasteiger partial charge in [-0.1, -0.05) is 104 Å². The molecule has 1 aliphatic heterocycles. The van der Waals surface area contributed by atoms with Crippen molar-refractivity contribution in [1.82, 2.24) is 9.55 Å². The molecule has 3 aromatic rings. The minimum absolute atomic E-state index is 0.155. The van der Waals surface area contributed by atoms with Gasteiger partial charge in [-0.25, -0.2) is 4.79 Å². The van der Waals surface area contributed by atoms with Crippen LogP contribution in [0.5, 0.6) is 0 Å². The highest BCUT2D eigenvalue weighted by Crippen LogP contribution is 2.41. The van der Waals surface area contributed by atoms with Crippen LogP contribution in [-0.2, 0) is 9.16 Å². The third-order valence-electron chi connectivity index (χ3n) is 6.78. The number of benzene rings is 2. The lowest BCUT2D eigenvalue weighted by Crippen LogP contribution is -2.68. The predicted molar refractivity (Wildman–Crippen MR) is 151 cm³/mol. The number of aryl methyl sites for hydroxylation is 1. The standard InChI is InChI=1S/C27H33IN2O4Si/c1-19-18-30(26(32)29-25(19)31)24-17-23(22(33-24)15-16-28)34-35(27(2,3)4,20-11-7-5-8-12-20)21-13-9-6-10-14-21/h5-14,18,22-24H,15-17H2,1-4H3,(H,29,31,32)/t22-,23+,24-/m1/s1. The zero-order valence-electron chi connectivity index (χ0n) is 20.7. The number of alkyl halides is 1. The topological polar surface area (TPSA) is 73.3 Å². The number of aromatic nitrogens is 2. The van der Waals surface area contributed by atoms with Crippen LogP contribution >= 0.6 is 22.6 Å². The summed E-state index contributed by atoms with van der Waals surface area (Å²) in [5.41, 5.74) is -0.340. The molecule has 186 valence electrons. The molecular formula is C27H33IN2O4Si. The van der Waals surface area contributed by atoms with Crippen molar-refractivity contribution in [2.75, 3.05) is 4.43 Å². The van der Waals surface area contributed by atoms with E-state index in [4.69, 9.17) is 9.16 Å². The molecule has 0 radical (unpaired) electrons. The van der Waals surface area contributed by atoms with Crippen molar-refractivity contribution >= 4 is 41.3 Å². The Balaban J connectivity index is 1.80. The van der Waals surface area contributed by atoms with Crippen LogP contribution in [0.2, 0.25) is 5.04 Å². The maximum absolute atomic E-state index is 12.6.